The smallest absolute Gasteiger partial charge is 0.193 e. The first-order valence-corrected chi connectivity index (χ1v) is 9.05. The zero-order valence-corrected chi connectivity index (χ0v) is 14.7. The van der Waals surface area contributed by atoms with Crippen LogP contribution in [0.2, 0.25) is 0 Å². The predicted molar refractivity (Wildman–Crippen MR) is 94.7 cm³/mol. The van der Waals surface area contributed by atoms with Gasteiger partial charge in [0, 0.05) is 44.6 Å². The highest BCUT2D eigenvalue weighted by atomic mass is 32.2. The molecule has 1 aromatic rings. The van der Waals surface area contributed by atoms with Crippen molar-refractivity contribution in [2.24, 2.45) is 10.9 Å². The van der Waals surface area contributed by atoms with Gasteiger partial charge in [-0.2, -0.15) is 0 Å². The van der Waals surface area contributed by atoms with E-state index in [0.717, 1.165) is 55.8 Å². The molecular weight excluding hydrogens is 313 g/mol. The van der Waals surface area contributed by atoms with Crippen molar-refractivity contribution in [2.75, 3.05) is 46.2 Å². The minimum atomic E-state index is -0.185. The van der Waals surface area contributed by atoms with Gasteiger partial charge in [0.2, 0.25) is 0 Å². The lowest BCUT2D eigenvalue weighted by atomic mass is 10.1. The third-order valence-electron chi connectivity index (χ3n) is 3.82. The summed E-state index contributed by atoms with van der Waals surface area (Å²) in [4.78, 5) is 7.62. The van der Waals surface area contributed by atoms with Crippen LogP contribution in [0.15, 0.2) is 34.2 Å². The summed E-state index contributed by atoms with van der Waals surface area (Å²) in [5.41, 5.74) is 0. The summed E-state index contributed by atoms with van der Waals surface area (Å²) < 4.78 is 18.3. The quantitative estimate of drug-likeness (QED) is 0.359. The van der Waals surface area contributed by atoms with Gasteiger partial charge in [-0.1, -0.05) is 0 Å². The van der Waals surface area contributed by atoms with E-state index in [-0.39, 0.29) is 5.82 Å². The second kappa shape index (κ2) is 9.78. The van der Waals surface area contributed by atoms with E-state index < -0.39 is 0 Å². The molecule has 1 aliphatic heterocycles. The number of guanidine groups is 1. The Balaban J connectivity index is 1.62. The Morgan fingerprint density at radius 2 is 2.22 bits per heavy atom. The second-order valence-corrected chi connectivity index (χ2v) is 6.91. The third-order valence-corrected chi connectivity index (χ3v) is 4.91. The zero-order valence-electron chi connectivity index (χ0n) is 13.9. The van der Waals surface area contributed by atoms with E-state index in [1.807, 2.05) is 19.2 Å². The monoisotopic (exact) mass is 339 g/mol. The largest absolute Gasteiger partial charge is 0.381 e. The van der Waals surface area contributed by atoms with Crippen LogP contribution < -0.4 is 5.32 Å². The maximum absolute atomic E-state index is 12.8. The molecule has 1 aliphatic rings. The van der Waals surface area contributed by atoms with Crippen molar-refractivity contribution < 1.29 is 9.13 Å². The van der Waals surface area contributed by atoms with Crippen molar-refractivity contribution in [3.63, 3.8) is 0 Å². The first-order chi connectivity index (χ1) is 11.2. The fourth-order valence-corrected chi connectivity index (χ4v) is 3.43. The van der Waals surface area contributed by atoms with Gasteiger partial charge in [-0.3, -0.25) is 4.99 Å². The molecular formula is C17H26FN3OS. The number of rotatable bonds is 7. The highest BCUT2D eigenvalue weighted by Gasteiger charge is 2.18. The number of halogens is 1. The molecule has 1 heterocycles. The maximum atomic E-state index is 12.8. The third kappa shape index (κ3) is 6.39. The van der Waals surface area contributed by atoms with E-state index in [1.165, 1.54) is 12.1 Å². The standard InChI is InChI=1S/C17H26FN3OS/c1-19-17(21(2)12-14-8-10-22-13-14)20-9-3-11-23-16-6-4-15(18)5-7-16/h4-7,14H,3,8-13H2,1-2H3,(H,19,20). The second-order valence-electron chi connectivity index (χ2n) is 5.74. The Labute approximate surface area is 142 Å². The van der Waals surface area contributed by atoms with Crippen molar-refractivity contribution in [1.82, 2.24) is 10.2 Å². The van der Waals surface area contributed by atoms with Crippen LogP contribution >= 0.6 is 11.8 Å². The zero-order chi connectivity index (χ0) is 16.5. The fraction of sp³-hybridized carbons (Fsp3) is 0.588. The molecule has 4 nitrogen and oxygen atoms in total. The summed E-state index contributed by atoms with van der Waals surface area (Å²) in [5.74, 6) is 2.35. The molecule has 23 heavy (non-hydrogen) atoms. The van der Waals surface area contributed by atoms with Crippen molar-refractivity contribution in [2.45, 2.75) is 17.7 Å². The van der Waals surface area contributed by atoms with Gasteiger partial charge >= 0.3 is 0 Å². The summed E-state index contributed by atoms with van der Waals surface area (Å²) >= 11 is 1.75. The molecule has 2 rings (SSSR count). The van der Waals surface area contributed by atoms with Gasteiger partial charge < -0.3 is 15.0 Å². The number of nitrogens with zero attached hydrogens (tertiary/aromatic N) is 2. The van der Waals surface area contributed by atoms with Gasteiger partial charge in [-0.15, -0.1) is 11.8 Å². The molecule has 1 fully saturated rings. The average molecular weight is 339 g/mol. The number of hydrogen-bond donors (Lipinski definition) is 1. The van der Waals surface area contributed by atoms with Crippen molar-refractivity contribution in [3.05, 3.63) is 30.1 Å². The average Bonchev–Trinajstić information content (AvgIpc) is 3.05. The highest BCUT2D eigenvalue weighted by molar-refractivity contribution is 7.99. The summed E-state index contributed by atoms with van der Waals surface area (Å²) in [6, 6.07) is 6.65. The van der Waals surface area contributed by atoms with E-state index >= 15 is 0 Å². The fourth-order valence-electron chi connectivity index (χ4n) is 2.58. The number of aliphatic imine (C=N–C) groups is 1. The summed E-state index contributed by atoms with van der Waals surface area (Å²) in [6.07, 6.45) is 2.16. The Hall–Kier alpha value is -1.27. The lowest BCUT2D eigenvalue weighted by Crippen LogP contribution is -2.41. The summed E-state index contributed by atoms with van der Waals surface area (Å²) in [5, 5.41) is 3.40. The predicted octanol–water partition coefficient (Wildman–Crippen LogP) is 2.85. The van der Waals surface area contributed by atoms with Crippen molar-refractivity contribution in [1.29, 1.82) is 0 Å². The molecule has 0 aromatic heterocycles. The number of benzene rings is 1. The Kier molecular flexibility index (Phi) is 7.68. The molecule has 128 valence electrons. The molecule has 0 radical (unpaired) electrons. The normalized spacial score (nSPS) is 18.2. The summed E-state index contributed by atoms with van der Waals surface area (Å²) in [6.45, 7) is 3.59. The number of hydrogen-bond acceptors (Lipinski definition) is 3. The molecule has 1 unspecified atom stereocenters. The highest BCUT2D eigenvalue weighted by Crippen LogP contribution is 2.18. The molecule has 0 bridgehead atoms. The maximum Gasteiger partial charge on any atom is 0.193 e. The van der Waals surface area contributed by atoms with Crippen molar-refractivity contribution >= 4 is 17.7 Å². The van der Waals surface area contributed by atoms with Crippen LogP contribution in [-0.4, -0.2) is 57.0 Å². The van der Waals surface area contributed by atoms with Gasteiger partial charge in [0.05, 0.1) is 6.61 Å². The molecule has 1 N–H and O–H groups in total. The minimum absolute atomic E-state index is 0.185. The topological polar surface area (TPSA) is 36.9 Å². The first kappa shape index (κ1) is 18.1. The molecule has 1 saturated heterocycles. The SMILES string of the molecule is CN=C(NCCCSc1ccc(F)cc1)N(C)CC1CCOC1. The van der Waals surface area contributed by atoms with Crippen LogP contribution in [0.3, 0.4) is 0 Å². The van der Waals surface area contributed by atoms with Crippen LogP contribution in [0.25, 0.3) is 0 Å². The van der Waals surface area contributed by atoms with Gasteiger partial charge in [-0.25, -0.2) is 4.39 Å². The first-order valence-electron chi connectivity index (χ1n) is 8.07. The lowest BCUT2D eigenvalue weighted by Gasteiger charge is -2.24. The van der Waals surface area contributed by atoms with E-state index in [1.54, 1.807) is 11.8 Å². The molecule has 6 heteroatoms. The number of thioether (sulfide) groups is 1. The summed E-state index contributed by atoms with van der Waals surface area (Å²) in [7, 11) is 3.89. The Morgan fingerprint density at radius 1 is 1.43 bits per heavy atom. The number of ether oxygens (including phenoxy) is 1. The van der Waals surface area contributed by atoms with Gasteiger partial charge in [0.15, 0.2) is 5.96 Å². The van der Waals surface area contributed by atoms with E-state index in [0.29, 0.717) is 5.92 Å². The molecule has 0 spiro atoms. The van der Waals surface area contributed by atoms with E-state index in [9.17, 15) is 4.39 Å². The molecule has 0 saturated carbocycles. The van der Waals surface area contributed by atoms with Crippen molar-refractivity contribution in [3.8, 4) is 0 Å². The van der Waals surface area contributed by atoms with Crippen LogP contribution in [0, 0.1) is 11.7 Å². The molecule has 0 aliphatic carbocycles. The molecule has 1 atom stereocenters. The van der Waals surface area contributed by atoms with Gasteiger partial charge in [0.1, 0.15) is 5.82 Å². The Bertz CT molecular complexity index is 489. The van der Waals surface area contributed by atoms with Crippen LogP contribution in [0.1, 0.15) is 12.8 Å². The van der Waals surface area contributed by atoms with Crippen LogP contribution in [0.4, 0.5) is 4.39 Å². The Morgan fingerprint density at radius 3 is 2.87 bits per heavy atom. The minimum Gasteiger partial charge on any atom is -0.381 e. The lowest BCUT2D eigenvalue weighted by molar-refractivity contribution is 0.181. The van der Waals surface area contributed by atoms with Gasteiger partial charge in [0.25, 0.3) is 0 Å². The number of nitrogens with one attached hydrogen (secondary N) is 1. The molecule has 0 amide bonds. The van der Waals surface area contributed by atoms with Crippen LogP contribution in [-0.2, 0) is 4.74 Å². The van der Waals surface area contributed by atoms with Crippen LogP contribution in [0.5, 0.6) is 0 Å². The van der Waals surface area contributed by atoms with E-state index in [4.69, 9.17) is 4.74 Å². The molecule has 1 aromatic carbocycles. The van der Waals surface area contributed by atoms with E-state index in [2.05, 4.69) is 22.3 Å². The van der Waals surface area contributed by atoms with Gasteiger partial charge in [-0.05, 0) is 42.9 Å².